The van der Waals surface area contributed by atoms with Crippen LogP contribution in [0, 0.1) is 56.1 Å². The number of esters is 1. The molecule has 0 amide bonds. The molecule has 6 rings (SSSR count). The molecular weight excluding hydrogens is 587 g/mol. The third-order valence-corrected chi connectivity index (χ3v) is 14.7. The molecule has 4 saturated carbocycles. The van der Waals surface area contributed by atoms with Crippen LogP contribution in [0.3, 0.4) is 0 Å². The second-order valence-corrected chi connectivity index (χ2v) is 17.3. The second-order valence-electron chi connectivity index (χ2n) is 17.3. The van der Waals surface area contributed by atoms with E-state index in [-0.39, 0.29) is 50.8 Å². The number of aliphatic carboxylic acids is 1. The molecule has 250 valence electrons. The minimum Gasteiger partial charge on any atom is -0.481 e. The van der Waals surface area contributed by atoms with Crippen LogP contribution in [0.4, 0.5) is 4.39 Å². The molecule has 0 spiro atoms. The summed E-state index contributed by atoms with van der Waals surface area (Å²) >= 11 is 0. The molecule has 8 heteroatoms. The number of ketones is 1. The molecule has 0 unspecified atom stereocenters. The van der Waals surface area contributed by atoms with Gasteiger partial charge in [-0.05, 0) is 122 Å². The predicted molar refractivity (Wildman–Crippen MR) is 170 cm³/mol. The average molecular weight is 637 g/mol. The number of hydrogen-bond acceptors (Lipinski definition) is 5. The maximum atomic E-state index is 14.6. The number of carbonyl (C=O) groups is 4. The van der Waals surface area contributed by atoms with E-state index in [1.54, 1.807) is 0 Å². The van der Waals surface area contributed by atoms with Crippen molar-refractivity contribution >= 4 is 23.7 Å². The Morgan fingerprint density at radius 1 is 0.870 bits per heavy atom. The number of aromatic carboxylic acids is 1. The molecule has 4 fully saturated rings. The van der Waals surface area contributed by atoms with Crippen LogP contribution in [0.5, 0.6) is 0 Å². The van der Waals surface area contributed by atoms with Gasteiger partial charge in [0.25, 0.3) is 0 Å². The Hall–Kier alpha value is -3.03. The summed E-state index contributed by atoms with van der Waals surface area (Å²) in [5, 5.41) is 19.8. The highest BCUT2D eigenvalue weighted by atomic mass is 19.1. The zero-order chi connectivity index (χ0) is 33.8. The van der Waals surface area contributed by atoms with Crippen molar-refractivity contribution in [3.8, 4) is 0 Å². The highest BCUT2D eigenvalue weighted by molar-refractivity contribution is 6.02. The monoisotopic (exact) mass is 636 g/mol. The quantitative estimate of drug-likeness (QED) is 0.321. The zero-order valence-electron chi connectivity index (χ0n) is 28.3. The molecule has 0 bridgehead atoms. The predicted octanol–water partition coefficient (Wildman–Crippen LogP) is 8.11. The highest BCUT2D eigenvalue weighted by Crippen LogP contribution is 2.75. The minimum atomic E-state index is -1.39. The van der Waals surface area contributed by atoms with Crippen molar-refractivity contribution in [3.05, 3.63) is 46.8 Å². The van der Waals surface area contributed by atoms with Gasteiger partial charge in [0.05, 0.1) is 16.5 Å². The normalized spacial score (nSPS) is 42.8. The number of carboxylic acids is 2. The first-order valence-corrected chi connectivity index (χ1v) is 17.0. The van der Waals surface area contributed by atoms with Crippen molar-refractivity contribution in [2.24, 2.45) is 50.2 Å². The summed E-state index contributed by atoms with van der Waals surface area (Å²) in [6.45, 7) is 15.3. The third-order valence-electron chi connectivity index (χ3n) is 14.7. The Morgan fingerprint density at radius 3 is 2.20 bits per heavy atom. The maximum absolute atomic E-state index is 14.6. The number of carbonyl (C=O) groups excluding carboxylic acids is 2. The molecule has 1 aromatic rings. The molecule has 1 aromatic carbocycles. The van der Waals surface area contributed by atoms with E-state index in [2.05, 4.69) is 41.5 Å². The van der Waals surface area contributed by atoms with Gasteiger partial charge >= 0.3 is 17.9 Å². The highest BCUT2D eigenvalue weighted by Gasteiger charge is 2.70. The fraction of sp³-hybridized carbons (Fsp3) is 0.684. The van der Waals surface area contributed by atoms with Crippen LogP contribution in [-0.2, 0) is 14.3 Å². The molecule has 9 atom stereocenters. The van der Waals surface area contributed by atoms with Gasteiger partial charge in [-0.1, -0.05) is 47.1 Å². The largest absolute Gasteiger partial charge is 0.481 e. The van der Waals surface area contributed by atoms with Gasteiger partial charge in [0.15, 0.2) is 5.78 Å². The summed E-state index contributed by atoms with van der Waals surface area (Å²) in [6, 6.07) is 3.07. The first kappa shape index (κ1) is 32.9. The third kappa shape index (κ3) is 4.40. The van der Waals surface area contributed by atoms with E-state index >= 15 is 0 Å². The van der Waals surface area contributed by atoms with E-state index in [1.165, 1.54) is 11.6 Å². The summed E-state index contributed by atoms with van der Waals surface area (Å²) in [6.07, 6.45) is 8.40. The van der Waals surface area contributed by atoms with Crippen LogP contribution >= 0.6 is 0 Å². The maximum Gasteiger partial charge on any atom is 0.339 e. The summed E-state index contributed by atoms with van der Waals surface area (Å²) in [5.74, 6) is -3.61. The number of carboxylic acid groups (broad SMARTS) is 2. The van der Waals surface area contributed by atoms with E-state index in [0.29, 0.717) is 25.7 Å². The van der Waals surface area contributed by atoms with Crippen molar-refractivity contribution in [2.75, 3.05) is 0 Å². The molecule has 5 aliphatic carbocycles. The molecule has 0 aromatic heterocycles. The lowest BCUT2D eigenvalue weighted by Crippen LogP contribution is -2.66. The molecule has 0 heterocycles. The number of fused-ring (bicyclic) bond motifs is 7. The molecule has 46 heavy (non-hydrogen) atoms. The van der Waals surface area contributed by atoms with E-state index < -0.39 is 46.2 Å². The lowest BCUT2D eigenvalue weighted by Gasteiger charge is -2.70. The van der Waals surface area contributed by atoms with Gasteiger partial charge in [-0.15, -0.1) is 0 Å². The van der Waals surface area contributed by atoms with Crippen molar-refractivity contribution in [3.63, 3.8) is 0 Å². The lowest BCUT2D eigenvalue weighted by molar-refractivity contribution is -0.202. The Balaban J connectivity index is 1.33. The molecule has 0 radical (unpaired) electrons. The number of benzene rings is 1. The van der Waals surface area contributed by atoms with E-state index in [9.17, 15) is 33.8 Å². The Bertz CT molecular complexity index is 1560. The SMILES string of the molecule is CC1(C)[C@@H](OC(=O)c2ccc(F)cc2C(=O)O)CC[C@@]2(C)[C@@H]1CC[C@]1(C)[C@@H]2C(=O)C=C2[C@@H]3C[C@@](C)(C(=O)O)CC[C@]3(C)CC[C@]21C. The van der Waals surface area contributed by atoms with Gasteiger partial charge in [-0.2, -0.15) is 0 Å². The fourth-order valence-corrected chi connectivity index (χ4v) is 11.6. The van der Waals surface area contributed by atoms with Crippen molar-refractivity contribution in [1.29, 1.82) is 0 Å². The number of halogens is 1. The number of hydrogen-bond donors (Lipinski definition) is 2. The summed E-state index contributed by atoms with van der Waals surface area (Å²) in [5.41, 5.74) is -1.63. The standard InChI is InChI=1S/C38H49FO7/c1-33(2)27-10-13-38(7)29(36(27,5)12-11-28(33)46-31(43)22-9-8-21(39)18-23(22)30(41)42)26(40)19-24-25-20-35(4,32(44)45)15-14-34(25,3)16-17-37(24,38)6/h8-9,18-19,25,27-29H,10-17,20H2,1-7H3,(H,41,42)(H,44,45)/t25-,27+,28-,29+,34+,35-,36-,37+,38+/m0/s1. The molecule has 5 aliphatic rings. The van der Waals surface area contributed by atoms with Crippen molar-refractivity contribution in [2.45, 2.75) is 112 Å². The summed E-state index contributed by atoms with van der Waals surface area (Å²) < 4.78 is 19.9. The zero-order valence-corrected chi connectivity index (χ0v) is 28.3. The van der Waals surface area contributed by atoms with Crippen molar-refractivity contribution < 1.29 is 38.5 Å². The Morgan fingerprint density at radius 2 is 1.54 bits per heavy atom. The van der Waals surface area contributed by atoms with Gasteiger partial charge in [0.2, 0.25) is 0 Å². The van der Waals surface area contributed by atoms with Crippen molar-refractivity contribution in [1.82, 2.24) is 0 Å². The summed E-state index contributed by atoms with van der Waals surface area (Å²) in [7, 11) is 0. The van der Waals surface area contributed by atoms with E-state index in [4.69, 9.17) is 4.74 Å². The molecule has 7 nitrogen and oxygen atoms in total. The summed E-state index contributed by atoms with van der Waals surface area (Å²) in [4.78, 5) is 52.1. The number of ether oxygens (including phenoxy) is 1. The first-order valence-electron chi connectivity index (χ1n) is 17.0. The second kappa shape index (κ2) is 10.2. The Labute approximate surface area is 271 Å². The molecule has 0 saturated heterocycles. The van der Waals surface area contributed by atoms with Crippen LogP contribution < -0.4 is 0 Å². The van der Waals surface area contributed by atoms with Crippen LogP contribution in [0.2, 0.25) is 0 Å². The lowest BCUT2D eigenvalue weighted by atomic mass is 9.33. The smallest absolute Gasteiger partial charge is 0.339 e. The van der Waals surface area contributed by atoms with E-state index in [1.807, 2.05) is 13.0 Å². The van der Waals surface area contributed by atoms with Gasteiger partial charge in [-0.3, -0.25) is 9.59 Å². The van der Waals surface area contributed by atoms with Crippen LogP contribution in [0.1, 0.15) is 127 Å². The van der Waals surface area contributed by atoms with Gasteiger partial charge in [-0.25, -0.2) is 14.0 Å². The topological polar surface area (TPSA) is 118 Å². The van der Waals surface area contributed by atoms with Gasteiger partial charge < -0.3 is 14.9 Å². The van der Waals surface area contributed by atoms with E-state index in [0.717, 1.165) is 44.2 Å². The minimum absolute atomic E-state index is 0.0140. The first-order chi connectivity index (χ1) is 21.2. The van der Waals surface area contributed by atoms with Crippen LogP contribution in [0.15, 0.2) is 29.8 Å². The van der Waals surface area contributed by atoms with Crippen LogP contribution in [0.25, 0.3) is 0 Å². The van der Waals surface area contributed by atoms with Gasteiger partial charge in [0, 0.05) is 11.3 Å². The average Bonchev–Trinajstić information content (AvgIpc) is 2.96. The molecule has 0 aliphatic heterocycles. The number of rotatable bonds is 4. The van der Waals surface area contributed by atoms with Gasteiger partial charge in [0.1, 0.15) is 11.9 Å². The molecular formula is C38H49FO7. The molecule has 2 N–H and O–H groups in total. The Kier molecular flexibility index (Phi) is 7.32. The van der Waals surface area contributed by atoms with Crippen LogP contribution in [-0.4, -0.2) is 40.0 Å². The number of allylic oxidation sites excluding steroid dienone is 2. The fourth-order valence-electron chi connectivity index (χ4n) is 11.6.